The highest BCUT2D eigenvalue weighted by Gasteiger charge is 2.33. The first-order valence-electron chi connectivity index (χ1n) is 6.76. The van der Waals surface area contributed by atoms with Gasteiger partial charge in [-0.05, 0) is 12.8 Å². The summed E-state index contributed by atoms with van der Waals surface area (Å²) >= 11 is 6.02. The molecular weight excluding hydrogens is 310 g/mol. The molecule has 0 spiro atoms. The van der Waals surface area contributed by atoms with Crippen LogP contribution in [0.3, 0.4) is 0 Å². The number of anilines is 1. The molecule has 0 aliphatic carbocycles. The highest BCUT2D eigenvalue weighted by atomic mass is 35.5. The van der Waals surface area contributed by atoms with Crippen LogP contribution in [0.5, 0.6) is 11.5 Å². The van der Waals surface area contributed by atoms with Gasteiger partial charge in [-0.25, -0.2) is 4.79 Å². The van der Waals surface area contributed by atoms with Crippen molar-refractivity contribution in [3.8, 4) is 11.5 Å². The van der Waals surface area contributed by atoms with E-state index >= 15 is 0 Å². The molecule has 0 saturated carbocycles. The van der Waals surface area contributed by atoms with Gasteiger partial charge in [-0.15, -0.1) is 0 Å². The van der Waals surface area contributed by atoms with Crippen LogP contribution in [0.2, 0.25) is 5.02 Å². The van der Waals surface area contributed by atoms with E-state index in [1.54, 1.807) is 12.1 Å². The van der Waals surface area contributed by atoms with E-state index in [4.69, 9.17) is 26.8 Å². The minimum Gasteiger partial charge on any atom is -0.495 e. The Kier molecular flexibility index (Phi) is 4.97. The molecule has 1 atom stereocenters. The Morgan fingerprint density at radius 3 is 2.59 bits per heavy atom. The standard InChI is InChI=1S/C14H18ClN3O4/c1-21-11-7-9(12(22-2)6-8(11)15)17-14(20)18-5-3-4-10(18)13(16)19/h6-7,10H,3-5H2,1-2H3,(H2,16,19)(H,17,20)/t10-/m0/s1. The third-order valence-electron chi connectivity index (χ3n) is 3.56. The predicted molar refractivity (Wildman–Crippen MR) is 82.5 cm³/mol. The summed E-state index contributed by atoms with van der Waals surface area (Å²) in [5.74, 6) is 0.299. The molecule has 1 aromatic carbocycles. The Morgan fingerprint density at radius 1 is 1.32 bits per heavy atom. The second-order valence-electron chi connectivity index (χ2n) is 4.87. The lowest BCUT2D eigenvalue weighted by atomic mass is 10.2. The molecule has 1 saturated heterocycles. The zero-order chi connectivity index (χ0) is 16.3. The van der Waals surface area contributed by atoms with Crippen LogP contribution < -0.4 is 20.5 Å². The van der Waals surface area contributed by atoms with E-state index < -0.39 is 18.0 Å². The molecule has 0 aromatic heterocycles. The van der Waals surface area contributed by atoms with Crippen molar-refractivity contribution < 1.29 is 19.1 Å². The molecule has 1 fully saturated rings. The highest BCUT2D eigenvalue weighted by molar-refractivity contribution is 6.32. The average molecular weight is 328 g/mol. The van der Waals surface area contributed by atoms with Crippen molar-refractivity contribution in [2.45, 2.75) is 18.9 Å². The van der Waals surface area contributed by atoms with Gasteiger partial charge in [0.1, 0.15) is 17.5 Å². The summed E-state index contributed by atoms with van der Waals surface area (Å²) in [5, 5.41) is 3.07. The lowest BCUT2D eigenvalue weighted by molar-refractivity contribution is -0.121. The van der Waals surface area contributed by atoms with Crippen molar-refractivity contribution in [3.63, 3.8) is 0 Å². The Balaban J connectivity index is 2.22. The molecule has 7 nitrogen and oxygen atoms in total. The number of carbonyl (C=O) groups excluding carboxylic acids is 2. The number of benzene rings is 1. The number of ether oxygens (including phenoxy) is 2. The summed E-state index contributed by atoms with van der Waals surface area (Å²) in [4.78, 5) is 25.2. The summed E-state index contributed by atoms with van der Waals surface area (Å²) < 4.78 is 10.3. The first kappa shape index (κ1) is 16.2. The van der Waals surface area contributed by atoms with Gasteiger partial charge in [-0.3, -0.25) is 4.79 Å². The number of methoxy groups -OCH3 is 2. The van der Waals surface area contributed by atoms with Gasteiger partial charge in [-0.2, -0.15) is 0 Å². The van der Waals surface area contributed by atoms with Crippen LogP contribution in [0.4, 0.5) is 10.5 Å². The monoisotopic (exact) mass is 327 g/mol. The fourth-order valence-corrected chi connectivity index (χ4v) is 2.68. The molecule has 1 aliphatic rings. The molecule has 120 valence electrons. The molecule has 1 aromatic rings. The van der Waals surface area contributed by atoms with Crippen LogP contribution in [0.15, 0.2) is 12.1 Å². The molecule has 1 heterocycles. The lowest BCUT2D eigenvalue weighted by Crippen LogP contribution is -2.45. The predicted octanol–water partition coefficient (Wildman–Crippen LogP) is 1.84. The van der Waals surface area contributed by atoms with E-state index in [1.165, 1.54) is 19.1 Å². The summed E-state index contributed by atoms with van der Waals surface area (Å²) in [7, 11) is 2.94. The number of nitrogens with two attached hydrogens (primary N) is 1. The Morgan fingerprint density at radius 2 is 2.00 bits per heavy atom. The molecular formula is C14H18ClN3O4. The number of urea groups is 1. The Labute approximate surface area is 133 Å². The summed E-state index contributed by atoms with van der Waals surface area (Å²) in [6, 6.07) is 2.11. The number of rotatable bonds is 4. The molecule has 1 aliphatic heterocycles. The number of primary amides is 1. The van der Waals surface area contributed by atoms with Gasteiger partial charge in [0, 0.05) is 18.7 Å². The normalized spacial score (nSPS) is 17.2. The minimum atomic E-state index is -0.583. The van der Waals surface area contributed by atoms with Crippen LogP contribution in [0.1, 0.15) is 12.8 Å². The quantitative estimate of drug-likeness (QED) is 0.882. The van der Waals surface area contributed by atoms with Crippen LogP contribution in [-0.4, -0.2) is 43.6 Å². The maximum absolute atomic E-state index is 12.4. The van der Waals surface area contributed by atoms with Crippen LogP contribution >= 0.6 is 11.6 Å². The third kappa shape index (κ3) is 3.19. The summed E-state index contributed by atoms with van der Waals surface area (Å²) in [6.45, 7) is 0.479. The van der Waals surface area contributed by atoms with Crippen molar-refractivity contribution in [1.82, 2.24) is 4.90 Å². The van der Waals surface area contributed by atoms with Crippen molar-refractivity contribution in [2.75, 3.05) is 26.1 Å². The fraction of sp³-hybridized carbons (Fsp3) is 0.429. The molecule has 0 unspecified atom stereocenters. The largest absolute Gasteiger partial charge is 0.495 e. The van der Waals surface area contributed by atoms with Gasteiger partial charge in [-0.1, -0.05) is 11.6 Å². The van der Waals surface area contributed by atoms with E-state index in [0.29, 0.717) is 35.2 Å². The number of carbonyl (C=O) groups is 2. The minimum absolute atomic E-state index is 0.369. The van der Waals surface area contributed by atoms with Gasteiger partial charge in [0.2, 0.25) is 5.91 Å². The van der Waals surface area contributed by atoms with E-state index in [1.807, 2.05) is 0 Å². The molecule has 0 bridgehead atoms. The number of halogens is 1. The molecule has 8 heteroatoms. The van der Waals surface area contributed by atoms with Gasteiger partial charge in [0.15, 0.2) is 0 Å². The van der Waals surface area contributed by atoms with Crippen LogP contribution in [-0.2, 0) is 4.79 Å². The van der Waals surface area contributed by atoms with E-state index in [-0.39, 0.29) is 0 Å². The molecule has 0 radical (unpaired) electrons. The number of likely N-dealkylation sites (tertiary alicyclic amines) is 1. The van der Waals surface area contributed by atoms with Crippen molar-refractivity contribution in [3.05, 3.63) is 17.2 Å². The number of nitrogens with one attached hydrogen (secondary N) is 1. The summed E-state index contributed by atoms with van der Waals surface area (Å²) in [6.07, 6.45) is 1.31. The molecule has 3 amide bonds. The third-order valence-corrected chi connectivity index (χ3v) is 3.85. The van der Waals surface area contributed by atoms with Gasteiger partial charge in [0.25, 0.3) is 0 Å². The lowest BCUT2D eigenvalue weighted by Gasteiger charge is -2.23. The van der Waals surface area contributed by atoms with Gasteiger partial charge < -0.3 is 25.4 Å². The fourth-order valence-electron chi connectivity index (χ4n) is 2.45. The first-order chi connectivity index (χ1) is 10.5. The second kappa shape index (κ2) is 6.74. The highest BCUT2D eigenvalue weighted by Crippen LogP contribution is 2.36. The zero-order valence-electron chi connectivity index (χ0n) is 12.4. The average Bonchev–Trinajstić information content (AvgIpc) is 2.98. The first-order valence-corrected chi connectivity index (χ1v) is 7.14. The summed E-state index contributed by atoms with van der Waals surface area (Å²) in [5.41, 5.74) is 5.72. The molecule has 22 heavy (non-hydrogen) atoms. The second-order valence-corrected chi connectivity index (χ2v) is 5.28. The maximum atomic E-state index is 12.4. The maximum Gasteiger partial charge on any atom is 0.322 e. The van der Waals surface area contributed by atoms with Crippen molar-refractivity contribution >= 4 is 29.2 Å². The topological polar surface area (TPSA) is 93.9 Å². The number of amides is 3. The van der Waals surface area contributed by atoms with E-state index in [0.717, 1.165) is 6.42 Å². The van der Waals surface area contributed by atoms with Gasteiger partial charge >= 0.3 is 6.03 Å². The molecule has 2 rings (SSSR count). The number of nitrogens with zero attached hydrogens (tertiary/aromatic N) is 1. The number of hydrogen-bond donors (Lipinski definition) is 2. The van der Waals surface area contributed by atoms with E-state index in [9.17, 15) is 9.59 Å². The van der Waals surface area contributed by atoms with Gasteiger partial charge in [0.05, 0.1) is 24.9 Å². The Bertz CT molecular complexity index is 594. The number of hydrogen-bond acceptors (Lipinski definition) is 4. The van der Waals surface area contributed by atoms with Crippen LogP contribution in [0, 0.1) is 0 Å². The molecule has 3 N–H and O–H groups in total. The van der Waals surface area contributed by atoms with E-state index in [2.05, 4.69) is 5.32 Å². The van der Waals surface area contributed by atoms with Crippen LogP contribution in [0.25, 0.3) is 0 Å². The smallest absolute Gasteiger partial charge is 0.322 e. The van der Waals surface area contributed by atoms with Crippen molar-refractivity contribution in [1.29, 1.82) is 0 Å². The Hall–Kier alpha value is -2.15. The SMILES string of the molecule is COc1cc(NC(=O)N2CCC[C@H]2C(N)=O)c(OC)cc1Cl. The van der Waals surface area contributed by atoms with Crippen molar-refractivity contribution in [2.24, 2.45) is 5.73 Å². The zero-order valence-corrected chi connectivity index (χ0v) is 13.1.